The van der Waals surface area contributed by atoms with Crippen LogP contribution in [0.4, 0.5) is 0 Å². The van der Waals surface area contributed by atoms with Crippen molar-refractivity contribution in [1.29, 1.82) is 0 Å². The van der Waals surface area contributed by atoms with Gasteiger partial charge in [0.15, 0.2) is 5.78 Å². The van der Waals surface area contributed by atoms with E-state index in [4.69, 9.17) is 4.74 Å². The summed E-state index contributed by atoms with van der Waals surface area (Å²) in [4.78, 5) is 27.6. The van der Waals surface area contributed by atoms with Crippen LogP contribution < -0.4 is 5.32 Å². The molecule has 25 heavy (non-hydrogen) atoms. The molecule has 132 valence electrons. The van der Waals surface area contributed by atoms with E-state index in [-0.39, 0.29) is 17.7 Å². The molecule has 2 heterocycles. The lowest BCUT2D eigenvalue weighted by Crippen LogP contribution is -2.43. The fourth-order valence-electron chi connectivity index (χ4n) is 2.84. The Balaban J connectivity index is 1.73. The maximum absolute atomic E-state index is 12.7. The van der Waals surface area contributed by atoms with Gasteiger partial charge in [-0.15, -0.1) is 11.3 Å². The van der Waals surface area contributed by atoms with Gasteiger partial charge in [0.2, 0.25) is 0 Å². The fourth-order valence-corrected chi connectivity index (χ4v) is 3.64. The number of nitrogens with one attached hydrogen (secondary N) is 1. The molecular formula is C19H22N2O3S. The molecule has 2 aromatic rings. The van der Waals surface area contributed by atoms with Crippen LogP contribution in [-0.4, -0.2) is 49.4 Å². The Kier molecular flexibility index (Phi) is 5.96. The first-order valence-electron chi connectivity index (χ1n) is 8.40. The van der Waals surface area contributed by atoms with E-state index in [2.05, 4.69) is 10.2 Å². The largest absolute Gasteiger partial charge is 0.379 e. The van der Waals surface area contributed by atoms with Crippen LogP contribution >= 0.6 is 11.3 Å². The third-order valence-corrected chi connectivity index (χ3v) is 5.41. The molecule has 6 heteroatoms. The Morgan fingerprint density at radius 3 is 2.44 bits per heavy atom. The third-order valence-electron chi connectivity index (χ3n) is 4.23. The highest BCUT2D eigenvalue weighted by Gasteiger charge is 2.21. The standard InChI is InChI=1S/C19H22N2O3S/c1-14(22)17-7-8-18(25-17)19(23)20-16(15-5-3-2-4-6-15)13-21-9-11-24-12-10-21/h2-8,16H,9-13H2,1H3,(H,20,23)/t16-/m1/s1. The molecule has 0 saturated carbocycles. The van der Waals surface area contributed by atoms with Crippen LogP contribution in [0.3, 0.4) is 0 Å². The molecular weight excluding hydrogens is 336 g/mol. The average molecular weight is 358 g/mol. The maximum atomic E-state index is 12.7. The number of Topliss-reactive ketones (excluding diaryl/α,β-unsaturated/α-hetero) is 1. The van der Waals surface area contributed by atoms with E-state index in [0.717, 1.165) is 38.4 Å². The summed E-state index contributed by atoms with van der Waals surface area (Å²) in [5, 5.41) is 3.13. The molecule has 3 rings (SSSR count). The maximum Gasteiger partial charge on any atom is 0.261 e. The normalized spacial score (nSPS) is 16.4. The third kappa shape index (κ3) is 4.75. The molecule has 0 unspecified atom stereocenters. The number of benzene rings is 1. The lowest BCUT2D eigenvalue weighted by Gasteiger charge is -2.31. The van der Waals surface area contributed by atoms with Crippen molar-refractivity contribution in [2.45, 2.75) is 13.0 Å². The number of carbonyl (C=O) groups is 2. The Morgan fingerprint density at radius 2 is 1.80 bits per heavy atom. The summed E-state index contributed by atoms with van der Waals surface area (Å²) in [6.07, 6.45) is 0. The topological polar surface area (TPSA) is 58.6 Å². The highest BCUT2D eigenvalue weighted by Crippen LogP contribution is 2.20. The zero-order valence-corrected chi connectivity index (χ0v) is 15.1. The summed E-state index contributed by atoms with van der Waals surface area (Å²) in [6, 6.07) is 13.3. The molecule has 5 nitrogen and oxygen atoms in total. The number of hydrogen-bond donors (Lipinski definition) is 1. The van der Waals surface area contributed by atoms with Crippen LogP contribution in [0.1, 0.15) is 37.9 Å². The number of ketones is 1. The summed E-state index contributed by atoms with van der Waals surface area (Å²) in [5.74, 6) is -0.156. The molecule has 1 saturated heterocycles. The van der Waals surface area contributed by atoms with Crippen LogP contribution in [0, 0.1) is 0 Å². The minimum Gasteiger partial charge on any atom is -0.379 e. The summed E-state index contributed by atoms with van der Waals surface area (Å²) in [7, 11) is 0. The van der Waals surface area contributed by atoms with Crippen molar-refractivity contribution in [3.8, 4) is 0 Å². The van der Waals surface area contributed by atoms with Crippen LogP contribution in [0.5, 0.6) is 0 Å². The number of rotatable bonds is 6. The molecule has 0 radical (unpaired) electrons. The quantitative estimate of drug-likeness (QED) is 0.807. The number of ether oxygens (including phenoxy) is 1. The summed E-state index contributed by atoms with van der Waals surface area (Å²) in [5.41, 5.74) is 1.07. The Hall–Kier alpha value is -2.02. The van der Waals surface area contributed by atoms with Crippen molar-refractivity contribution in [3.05, 3.63) is 57.8 Å². The van der Waals surface area contributed by atoms with E-state index >= 15 is 0 Å². The molecule has 1 aromatic heterocycles. The number of morpholine rings is 1. The number of amides is 1. The second-order valence-corrected chi connectivity index (χ2v) is 7.15. The second-order valence-electron chi connectivity index (χ2n) is 6.07. The van der Waals surface area contributed by atoms with Gasteiger partial charge in [-0.1, -0.05) is 30.3 Å². The minimum absolute atomic E-state index is 0.0167. The predicted octanol–water partition coefficient (Wildman–Crippen LogP) is 2.75. The zero-order valence-electron chi connectivity index (χ0n) is 14.2. The molecule has 1 aromatic carbocycles. The Labute approximate surface area is 151 Å². The summed E-state index contributed by atoms with van der Waals surface area (Å²) < 4.78 is 5.40. The van der Waals surface area contributed by atoms with Crippen molar-refractivity contribution in [2.24, 2.45) is 0 Å². The number of hydrogen-bond acceptors (Lipinski definition) is 5. The first kappa shape index (κ1) is 17.8. The van der Waals surface area contributed by atoms with Crippen molar-refractivity contribution in [3.63, 3.8) is 0 Å². The highest BCUT2D eigenvalue weighted by atomic mass is 32.1. The van der Waals surface area contributed by atoms with Gasteiger partial charge in [0.05, 0.1) is 29.0 Å². The van der Waals surface area contributed by atoms with Crippen molar-refractivity contribution in [1.82, 2.24) is 10.2 Å². The Bertz CT molecular complexity index is 723. The first-order valence-corrected chi connectivity index (χ1v) is 9.22. The predicted molar refractivity (Wildman–Crippen MR) is 98.2 cm³/mol. The van der Waals surface area contributed by atoms with Gasteiger partial charge in [0, 0.05) is 19.6 Å². The molecule has 0 aliphatic carbocycles. The van der Waals surface area contributed by atoms with E-state index < -0.39 is 0 Å². The van der Waals surface area contributed by atoms with Crippen molar-refractivity contribution >= 4 is 23.0 Å². The molecule has 1 atom stereocenters. The van der Waals surface area contributed by atoms with Gasteiger partial charge in [0.25, 0.3) is 5.91 Å². The van der Waals surface area contributed by atoms with Gasteiger partial charge in [0.1, 0.15) is 0 Å². The lowest BCUT2D eigenvalue weighted by atomic mass is 10.1. The van der Waals surface area contributed by atoms with E-state index in [0.29, 0.717) is 9.75 Å². The van der Waals surface area contributed by atoms with Gasteiger partial charge in [-0.25, -0.2) is 0 Å². The molecule has 1 N–H and O–H groups in total. The monoisotopic (exact) mass is 358 g/mol. The number of carbonyl (C=O) groups excluding carboxylic acids is 2. The van der Waals surface area contributed by atoms with Crippen LogP contribution in [-0.2, 0) is 4.74 Å². The lowest BCUT2D eigenvalue weighted by molar-refractivity contribution is 0.0332. The van der Waals surface area contributed by atoms with Gasteiger partial charge in [-0.05, 0) is 24.6 Å². The van der Waals surface area contributed by atoms with Crippen LogP contribution in [0.25, 0.3) is 0 Å². The average Bonchev–Trinajstić information content (AvgIpc) is 3.13. The molecule has 1 aliphatic rings. The van der Waals surface area contributed by atoms with E-state index in [1.165, 1.54) is 18.3 Å². The Morgan fingerprint density at radius 1 is 1.12 bits per heavy atom. The first-order chi connectivity index (χ1) is 12.1. The molecule has 1 aliphatic heterocycles. The second kappa shape index (κ2) is 8.38. The number of nitrogens with zero attached hydrogens (tertiary/aromatic N) is 1. The highest BCUT2D eigenvalue weighted by molar-refractivity contribution is 7.15. The SMILES string of the molecule is CC(=O)c1ccc(C(=O)N[C@H](CN2CCOCC2)c2ccccc2)s1. The zero-order chi connectivity index (χ0) is 17.6. The summed E-state index contributed by atoms with van der Waals surface area (Å²) in [6.45, 7) is 5.44. The van der Waals surface area contributed by atoms with Crippen molar-refractivity contribution in [2.75, 3.05) is 32.8 Å². The summed E-state index contributed by atoms with van der Waals surface area (Å²) >= 11 is 1.24. The van der Waals surface area contributed by atoms with Crippen LogP contribution in [0.15, 0.2) is 42.5 Å². The minimum atomic E-state index is -0.139. The molecule has 1 amide bonds. The number of thiophene rings is 1. The molecule has 0 bridgehead atoms. The van der Waals surface area contributed by atoms with Gasteiger partial charge in [-0.3, -0.25) is 14.5 Å². The van der Waals surface area contributed by atoms with Gasteiger partial charge in [-0.2, -0.15) is 0 Å². The van der Waals surface area contributed by atoms with E-state index in [9.17, 15) is 9.59 Å². The fraction of sp³-hybridized carbons (Fsp3) is 0.368. The smallest absolute Gasteiger partial charge is 0.261 e. The van der Waals surface area contributed by atoms with Crippen LogP contribution in [0.2, 0.25) is 0 Å². The molecule has 1 fully saturated rings. The molecule has 0 spiro atoms. The van der Waals surface area contributed by atoms with E-state index in [1.54, 1.807) is 12.1 Å². The van der Waals surface area contributed by atoms with Gasteiger partial charge >= 0.3 is 0 Å². The van der Waals surface area contributed by atoms with Crippen molar-refractivity contribution < 1.29 is 14.3 Å². The van der Waals surface area contributed by atoms with Gasteiger partial charge < -0.3 is 10.1 Å². The van der Waals surface area contributed by atoms with E-state index in [1.807, 2.05) is 30.3 Å².